The monoisotopic (exact) mass is 338 g/mol. The van der Waals surface area contributed by atoms with Crippen molar-refractivity contribution in [3.05, 3.63) is 59.2 Å². The van der Waals surface area contributed by atoms with Gasteiger partial charge in [0, 0.05) is 24.7 Å². The molecule has 1 unspecified atom stereocenters. The van der Waals surface area contributed by atoms with Gasteiger partial charge in [0.05, 0.1) is 0 Å². The molecule has 0 bridgehead atoms. The average molecular weight is 338 g/mol. The van der Waals surface area contributed by atoms with E-state index in [1.54, 1.807) is 6.07 Å². The van der Waals surface area contributed by atoms with Crippen LogP contribution in [0.2, 0.25) is 0 Å². The lowest BCUT2D eigenvalue weighted by Crippen LogP contribution is -2.32. The first-order valence-electron chi connectivity index (χ1n) is 8.98. The van der Waals surface area contributed by atoms with Gasteiger partial charge in [-0.1, -0.05) is 30.3 Å². The lowest BCUT2D eigenvalue weighted by molar-refractivity contribution is 0.0948. The Kier molecular flexibility index (Phi) is 5.76. The Morgan fingerprint density at radius 3 is 2.84 bits per heavy atom. The van der Waals surface area contributed by atoms with Crippen LogP contribution in [-0.4, -0.2) is 47.5 Å². The average Bonchev–Trinajstić information content (AvgIpc) is 2.62. The Hall–Kier alpha value is -2.27. The summed E-state index contributed by atoms with van der Waals surface area (Å²) in [6.45, 7) is 4.61. The van der Waals surface area contributed by atoms with Crippen LogP contribution in [0.5, 0.6) is 0 Å². The molecule has 5 nitrogen and oxygen atoms in total. The second-order valence-corrected chi connectivity index (χ2v) is 6.85. The highest BCUT2D eigenvalue weighted by atomic mass is 16.1. The fourth-order valence-electron chi connectivity index (χ4n) is 3.32. The zero-order valence-electron chi connectivity index (χ0n) is 15.0. The van der Waals surface area contributed by atoms with Crippen molar-refractivity contribution in [2.24, 2.45) is 0 Å². The molecule has 1 aromatic carbocycles. The van der Waals surface area contributed by atoms with E-state index in [1.807, 2.05) is 25.1 Å². The van der Waals surface area contributed by atoms with Gasteiger partial charge in [-0.15, -0.1) is 0 Å². The van der Waals surface area contributed by atoms with Crippen molar-refractivity contribution in [3.8, 4) is 0 Å². The summed E-state index contributed by atoms with van der Waals surface area (Å²) in [6, 6.07) is 11.9. The maximum absolute atomic E-state index is 12.5. The van der Waals surface area contributed by atoms with E-state index in [1.165, 1.54) is 5.56 Å². The molecule has 2 aromatic rings. The Morgan fingerprint density at radius 2 is 2.08 bits per heavy atom. The van der Waals surface area contributed by atoms with E-state index in [4.69, 9.17) is 0 Å². The van der Waals surface area contributed by atoms with Gasteiger partial charge >= 0.3 is 0 Å². The van der Waals surface area contributed by atoms with Gasteiger partial charge in [-0.3, -0.25) is 4.79 Å². The Bertz CT molecular complexity index is 717. The summed E-state index contributed by atoms with van der Waals surface area (Å²) in [5, 5.41) is 2.97. The number of carbonyl (C=O) groups excluding carboxylic acids is 1. The third-order valence-corrected chi connectivity index (χ3v) is 4.64. The number of nitrogens with zero attached hydrogens (tertiary/aromatic N) is 3. The fourth-order valence-corrected chi connectivity index (χ4v) is 3.32. The van der Waals surface area contributed by atoms with Gasteiger partial charge in [0.1, 0.15) is 11.5 Å². The largest absolute Gasteiger partial charge is 0.350 e. The van der Waals surface area contributed by atoms with Crippen molar-refractivity contribution in [3.63, 3.8) is 0 Å². The number of hydrogen-bond acceptors (Lipinski definition) is 4. The third kappa shape index (κ3) is 4.86. The van der Waals surface area contributed by atoms with Crippen LogP contribution in [0, 0.1) is 6.92 Å². The molecule has 1 aromatic heterocycles. The van der Waals surface area contributed by atoms with E-state index in [2.05, 4.69) is 39.4 Å². The lowest BCUT2D eigenvalue weighted by Gasteiger charge is -2.28. The SMILES string of the molecule is Cc1cc(C(=O)NCCc2ccccc2)nc(C2CCCN(C)C2)n1. The highest BCUT2D eigenvalue weighted by Gasteiger charge is 2.22. The van der Waals surface area contributed by atoms with Crippen molar-refractivity contribution in [1.82, 2.24) is 20.2 Å². The minimum atomic E-state index is -0.119. The molecule has 1 aliphatic heterocycles. The van der Waals surface area contributed by atoms with Gasteiger partial charge in [0.15, 0.2) is 0 Å². The molecular formula is C20H26N4O. The van der Waals surface area contributed by atoms with E-state index in [-0.39, 0.29) is 5.91 Å². The zero-order valence-corrected chi connectivity index (χ0v) is 15.0. The fraction of sp³-hybridized carbons (Fsp3) is 0.450. The Balaban J connectivity index is 1.63. The molecule has 132 valence electrons. The number of amides is 1. The topological polar surface area (TPSA) is 58.1 Å². The van der Waals surface area contributed by atoms with Crippen molar-refractivity contribution in [2.75, 3.05) is 26.7 Å². The summed E-state index contributed by atoms with van der Waals surface area (Å²) in [5.74, 6) is 1.00. The molecular weight excluding hydrogens is 312 g/mol. The molecule has 1 atom stereocenters. The third-order valence-electron chi connectivity index (χ3n) is 4.64. The number of rotatable bonds is 5. The summed E-state index contributed by atoms with van der Waals surface area (Å²) < 4.78 is 0. The molecule has 0 saturated carbocycles. The van der Waals surface area contributed by atoms with E-state index in [0.717, 1.165) is 43.9 Å². The molecule has 0 spiro atoms. The number of hydrogen-bond donors (Lipinski definition) is 1. The second-order valence-electron chi connectivity index (χ2n) is 6.85. The highest BCUT2D eigenvalue weighted by Crippen LogP contribution is 2.23. The van der Waals surface area contributed by atoms with Crippen molar-refractivity contribution < 1.29 is 4.79 Å². The number of aromatic nitrogens is 2. The van der Waals surface area contributed by atoms with Crippen LogP contribution in [0.1, 0.15) is 46.3 Å². The van der Waals surface area contributed by atoms with E-state index < -0.39 is 0 Å². The van der Waals surface area contributed by atoms with Crippen LogP contribution in [0.25, 0.3) is 0 Å². The number of benzene rings is 1. The maximum Gasteiger partial charge on any atom is 0.270 e. The zero-order chi connectivity index (χ0) is 17.6. The van der Waals surface area contributed by atoms with Crippen molar-refractivity contribution in [1.29, 1.82) is 0 Å². The standard InChI is InChI=1S/C20H26N4O/c1-15-13-18(20(25)21-11-10-16-7-4-3-5-8-16)23-19(22-15)17-9-6-12-24(2)14-17/h3-5,7-8,13,17H,6,9-12,14H2,1-2H3,(H,21,25). The summed E-state index contributed by atoms with van der Waals surface area (Å²) in [4.78, 5) is 23.9. The quantitative estimate of drug-likeness (QED) is 0.910. The molecule has 25 heavy (non-hydrogen) atoms. The molecule has 1 aliphatic rings. The van der Waals surface area contributed by atoms with Gasteiger partial charge in [-0.2, -0.15) is 0 Å². The summed E-state index contributed by atoms with van der Waals surface area (Å²) in [6.07, 6.45) is 3.05. The molecule has 5 heteroatoms. The van der Waals surface area contributed by atoms with Crippen LogP contribution in [0.3, 0.4) is 0 Å². The van der Waals surface area contributed by atoms with Gasteiger partial charge in [-0.25, -0.2) is 9.97 Å². The van der Waals surface area contributed by atoms with Gasteiger partial charge in [-0.05, 0) is 51.4 Å². The minimum Gasteiger partial charge on any atom is -0.350 e. The number of carbonyl (C=O) groups is 1. The molecule has 1 amide bonds. The smallest absolute Gasteiger partial charge is 0.270 e. The lowest BCUT2D eigenvalue weighted by atomic mass is 9.97. The minimum absolute atomic E-state index is 0.119. The second kappa shape index (κ2) is 8.21. The van der Waals surface area contributed by atoms with E-state index >= 15 is 0 Å². The summed E-state index contributed by atoms with van der Waals surface area (Å²) in [7, 11) is 2.12. The highest BCUT2D eigenvalue weighted by molar-refractivity contribution is 5.92. The van der Waals surface area contributed by atoms with Gasteiger partial charge in [0.25, 0.3) is 5.91 Å². The number of aryl methyl sites for hydroxylation is 1. The first kappa shape index (κ1) is 17.5. The van der Waals surface area contributed by atoms with Gasteiger partial charge in [0.2, 0.25) is 0 Å². The normalized spacial score (nSPS) is 18.1. The van der Waals surface area contributed by atoms with Crippen LogP contribution >= 0.6 is 0 Å². The molecule has 0 radical (unpaired) electrons. The first-order chi connectivity index (χ1) is 12.1. The number of nitrogens with one attached hydrogen (secondary N) is 1. The van der Waals surface area contributed by atoms with Crippen LogP contribution in [-0.2, 0) is 6.42 Å². The molecule has 1 saturated heterocycles. The Morgan fingerprint density at radius 1 is 1.28 bits per heavy atom. The van der Waals surface area contributed by atoms with E-state index in [0.29, 0.717) is 18.2 Å². The molecule has 2 heterocycles. The summed E-state index contributed by atoms with van der Waals surface area (Å²) >= 11 is 0. The molecule has 0 aliphatic carbocycles. The molecule has 1 fully saturated rings. The molecule has 3 rings (SSSR count). The van der Waals surface area contributed by atoms with Crippen LogP contribution in [0.4, 0.5) is 0 Å². The maximum atomic E-state index is 12.5. The van der Waals surface area contributed by atoms with Crippen LogP contribution in [0.15, 0.2) is 36.4 Å². The van der Waals surface area contributed by atoms with Gasteiger partial charge < -0.3 is 10.2 Å². The predicted molar refractivity (Wildman–Crippen MR) is 98.7 cm³/mol. The van der Waals surface area contributed by atoms with E-state index in [9.17, 15) is 4.79 Å². The van der Waals surface area contributed by atoms with Crippen molar-refractivity contribution >= 4 is 5.91 Å². The number of likely N-dealkylation sites (tertiary alicyclic amines) is 1. The Labute approximate surface area is 149 Å². The molecule has 1 N–H and O–H groups in total. The first-order valence-corrected chi connectivity index (χ1v) is 8.98. The van der Waals surface area contributed by atoms with Crippen LogP contribution < -0.4 is 5.32 Å². The number of piperidine rings is 1. The predicted octanol–water partition coefficient (Wildman–Crippen LogP) is 2.57. The summed E-state index contributed by atoms with van der Waals surface area (Å²) in [5.41, 5.74) is 2.54. The number of likely N-dealkylation sites (N-methyl/N-ethyl adjacent to an activating group) is 1. The van der Waals surface area contributed by atoms with Crippen molar-refractivity contribution in [2.45, 2.75) is 32.1 Å².